The molecule has 6 heterocycles. The summed E-state index contributed by atoms with van der Waals surface area (Å²) < 4.78 is 39.9. The highest BCUT2D eigenvalue weighted by Gasteiger charge is 2.90. The molecule has 12 nitrogen and oxygen atoms in total. The van der Waals surface area contributed by atoms with E-state index in [1.807, 2.05) is 50.2 Å². The Labute approximate surface area is 338 Å². The van der Waals surface area contributed by atoms with Crippen molar-refractivity contribution in [2.75, 3.05) is 0 Å². The molecule has 58 heavy (non-hydrogen) atoms. The molecule has 0 radical (unpaired) electrons. The van der Waals surface area contributed by atoms with E-state index < -0.39 is 106 Å². The number of fused-ring (bicyclic) bond motifs is 6. The van der Waals surface area contributed by atoms with Crippen molar-refractivity contribution in [3.05, 3.63) is 96.1 Å². The lowest BCUT2D eigenvalue weighted by atomic mass is 9.49. The average Bonchev–Trinajstić information content (AvgIpc) is 3.68. The van der Waals surface area contributed by atoms with Gasteiger partial charge in [0.15, 0.2) is 0 Å². The van der Waals surface area contributed by atoms with E-state index in [4.69, 9.17) is 28.4 Å². The van der Waals surface area contributed by atoms with Crippen molar-refractivity contribution in [2.45, 2.75) is 131 Å². The highest BCUT2D eigenvalue weighted by Crippen LogP contribution is 2.75. The summed E-state index contributed by atoms with van der Waals surface area (Å²) in [5.74, 6) is -6.12. The summed E-state index contributed by atoms with van der Waals surface area (Å²) in [6, 6.07) is 17.9. The van der Waals surface area contributed by atoms with Crippen molar-refractivity contribution in [1.82, 2.24) is 0 Å². The van der Waals surface area contributed by atoms with Gasteiger partial charge in [0.25, 0.3) is 0 Å². The van der Waals surface area contributed by atoms with Crippen molar-refractivity contribution in [1.29, 1.82) is 0 Å². The fourth-order valence-electron chi connectivity index (χ4n) is 13.2. The number of esters is 2. The van der Waals surface area contributed by atoms with Gasteiger partial charge in [-0.25, -0.2) is 9.59 Å². The molecule has 4 saturated carbocycles. The van der Waals surface area contributed by atoms with Crippen LogP contribution in [0, 0.1) is 41.4 Å². The van der Waals surface area contributed by atoms with Crippen molar-refractivity contribution in [3.8, 4) is 0 Å². The topological polar surface area (TPSA) is 174 Å². The summed E-state index contributed by atoms with van der Waals surface area (Å²) >= 11 is 0. The molecule has 19 atom stereocenters. The minimum Gasteiger partial charge on any atom is -0.456 e. The van der Waals surface area contributed by atoms with Crippen LogP contribution >= 0.6 is 0 Å². The van der Waals surface area contributed by atoms with Gasteiger partial charge in [-0.05, 0) is 75.5 Å². The molecule has 4 aliphatic carbocycles. The number of aliphatic hydroxyl groups is 4. The van der Waals surface area contributed by atoms with Crippen LogP contribution in [0.5, 0.6) is 0 Å². The van der Waals surface area contributed by atoms with E-state index in [9.17, 15) is 30.0 Å². The Bertz CT molecular complexity index is 2040. The van der Waals surface area contributed by atoms with E-state index >= 15 is 0 Å². The molecule has 12 rings (SSSR count). The van der Waals surface area contributed by atoms with Crippen LogP contribution in [-0.2, 0) is 39.2 Å². The predicted molar refractivity (Wildman–Crippen MR) is 205 cm³/mol. The number of carbonyl (C=O) groups excluding carboxylic acids is 2. The lowest BCUT2D eigenvalue weighted by molar-refractivity contribution is -0.595. The fraction of sp³-hybridized carbons (Fsp3) is 0.609. The van der Waals surface area contributed by atoms with Crippen molar-refractivity contribution >= 4 is 11.9 Å². The van der Waals surface area contributed by atoms with Gasteiger partial charge < -0.3 is 48.8 Å². The highest BCUT2D eigenvalue weighted by atomic mass is 16.9. The van der Waals surface area contributed by atoms with Gasteiger partial charge >= 0.3 is 17.9 Å². The van der Waals surface area contributed by atoms with E-state index in [-0.39, 0.29) is 24.2 Å². The molecule has 6 aliphatic heterocycles. The fourth-order valence-corrected chi connectivity index (χ4v) is 13.2. The van der Waals surface area contributed by atoms with E-state index in [0.717, 1.165) is 0 Å². The summed E-state index contributed by atoms with van der Waals surface area (Å²) in [7, 11) is 0. The quantitative estimate of drug-likeness (QED) is 0.256. The zero-order valence-corrected chi connectivity index (χ0v) is 33.5. The number of ether oxygens (including phenoxy) is 6. The summed E-state index contributed by atoms with van der Waals surface area (Å²) in [4.78, 5) is 27.2. The number of epoxide rings is 1. The SMILES string of the molecule is C[C@H]1[C@@H]2CC[C@@H]1[C@H](OC(=O)c1ccccc1)/C=C/C=C/C(=O)O[C@@H]1[C@@H](C)C[C@@H]3C45OC6(c7ccccc7)O[C@H]([C@@H]4C)[C@@](O)([C@@H](O6)[C@H]5[C@@H]4O[C@]4(C)[C@@H](O)[C@@]13O)[C@@](C)(O)C2. The Hall–Kier alpha value is -3.46. The molecule has 4 N–H and O–H groups in total. The second-order valence-electron chi connectivity index (χ2n) is 19.0. The number of rotatable bonds is 3. The standard InChI is InChI=1S/C46H54O12/c1-24-22-32-43(51)35(24)54-33(47)19-13-12-18-31(53-39(48)27-14-8-6-9-15-27)30-21-20-28(25(30)2)23-41(4,50)45(52)36-26(3)44(32)34(37-42(5,55-37)40(43)49)38(45)57-46(56-36,58-44)29-16-10-7-11-17-29/h6-19,24-26,28,30-32,34-38,40,49-52H,20-23H2,1-5H3/b18-12+,19-13+/t24-,25-,26-,28+,30-,31+,32-,34+,35+,36+,37-,38-,40+,41-,42-,43-,44?,45+,46?/m0/s1. The third-order valence-corrected chi connectivity index (χ3v) is 16.1. The second-order valence-corrected chi connectivity index (χ2v) is 19.0. The smallest absolute Gasteiger partial charge is 0.338 e. The van der Waals surface area contributed by atoms with Gasteiger partial charge in [0.2, 0.25) is 0 Å². The number of hydrogen-bond donors (Lipinski definition) is 4. The van der Waals surface area contributed by atoms with Crippen molar-refractivity contribution in [2.24, 2.45) is 41.4 Å². The number of allylic oxidation sites excluding steroid dienone is 2. The van der Waals surface area contributed by atoms with E-state index in [1.54, 1.807) is 50.3 Å². The minimum atomic E-state index is -2.07. The third-order valence-electron chi connectivity index (χ3n) is 16.1. The Morgan fingerprint density at radius 2 is 1.53 bits per heavy atom. The number of aliphatic hydroxyl groups excluding tert-OH is 1. The van der Waals surface area contributed by atoms with Crippen LogP contribution in [0.3, 0.4) is 0 Å². The van der Waals surface area contributed by atoms with Gasteiger partial charge in [0.05, 0.1) is 22.9 Å². The number of benzene rings is 2. The van der Waals surface area contributed by atoms with Crippen LogP contribution in [-0.4, -0.2) is 97.0 Å². The Kier molecular flexibility index (Phi) is 8.53. The van der Waals surface area contributed by atoms with Crippen LogP contribution in [0.2, 0.25) is 0 Å². The lowest BCUT2D eigenvalue weighted by Crippen LogP contribution is -2.89. The predicted octanol–water partition coefficient (Wildman–Crippen LogP) is 4.33. The summed E-state index contributed by atoms with van der Waals surface area (Å²) in [5, 5.41) is 52.3. The molecule has 8 fully saturated rings. The maximum Gasteiger partial charge on any atom is 0.338 e. The Morgan fingerprint density at radius 1 is 0.845 bits per heavy atom. The molecule has 1 spiro atoms. The molecule has 10 aliphatic rings. The molecule has 2 aromatic rings. The van der Waals surface area contributed by atoms with Crippen LogP contribution in [0.4, 0.5) is 0 Å². The van der Waals surface area contributed by atoms with E-state index in [1.165, 1.54) is 12.2 Å². The molecule has 0 aromatic heterocycles. The summed E-state index contributed by atoms with van der Waals surface area (Å²) in [6.45, 7) is 9.26. The third kappa shape index (κ3) is 4.97. The van der Waals surface area contributed by atoms with Crippen LogP contribution in [0.15, 0.2) is 85.0 Å². The molecule has 4 saturated heterocycles. The van der Waals surface area contributed by atoms with Gasteiger partial charge in [-0.15, -0.1) is 0 Å². The molecule has 2 aromatic carbocycles. The molecule has 310 valence electrons. The molecule has 12 heteroatoms. The van der Waals surface area contributed by atoms with Crippen LogP contribution in [0.1, 0.15) is 76.2 Å². The summed E-state index contributed by atoms with van der Waals surface area (Å²) in [5.41, 5.74) is -7.62. The largest absolute Gasteiger partial charge is 0.456 e. The van der Waals surface area contributed by atoms with E-state index in [2.05, 4.69) is 6.92 Å². The number of hydrogen-bond acceptors (Lipinski definition) is 12. The van der Waals surface area contributed by atoms with Gasteiger partial charge in [-0.3, -0.25) is 0 Å². The molecule has 2 unspecified atom stereocenters. The van der Waals surface area contributed by atoms with Gasteiger partial charge in [0.1, 0.15) is 47.3 Å². The first-order chi connectivity index (χ1) is 27.5. The molecular formula is C46H54O12. The maximum absolute atomic E-state index is 13.7. The van der Waals surface area contributed by atoms with Crippen LogP contribution in [0.25, 0.3) is 0 Å². The Morgan fingerprint density at radius 3 is 2.26 bits per heavy atom. The first-order valence-electron chi connectivity index (χ1n) is 21.0. The average molecular weight is 799 g/mol. The first kappa shape index (κ1) is 38.7. The van der Waals surface area contributed by atoms with Gasteiger partial charge in [-0.1, -0.05) is 81.5 Å². The lowest BCUT2D eigenvalue weighted by Gasteiger charge is -2.74. The van der Waals surface area contributed by atoms with Crippen LogP contribution < -0.4 is 0 Å². The zero-order valence-electron chi connectivity index (χ0n) is 33.5. The first-order valence-corrected chi connectivity index (χ1v) is 21.0. The normalized spacial score (nSPS) is 53.5. The maximum atomic E-state index is 13.7. The van der Waals surface area contributed by atoms with Gasteiger partial charge in [-0.2, -0.15) is 0 Å². The Balaban J connectivity index is 1.13. The van der Waals surface area contributed by atoms with E-state index in [0.29, 0.717) is 30.4 Å². The molecule has 11 bridgehead atoms. The van der Waals surface area contributed by atoms with Crippen molar-refractivity contribution < 1.29 is 58.4 Å². The highest BCUT2D eigenvalue weighted by molar-refractivity contribution is 5.89. The molecule has 0 amide bonds. The second kappa shape index (κ2) is 12.8. The van der Waals surface area contributed by atoms with Crippen molar-refractivity contribution in [3.63, 3.8) is 0 Å². The minimum absolute atomic E-state index is 0.0685. The summed E-state index contributed by atoms with van der Waals surface area (Å²) in [6.07, 6.45) is 1.70. The van der Waals surface area contributed by atoms with Gasteiger partial charge in [0, 0.05) is 35.3 Å². The monoisotopic (exact) mass is 798 g/mol. The molecular weight excluding hydrogens is 744 g/mol. The number of carbonyl (C=O) groups is 2. The zero-order chi connectivity index (χ0) is 40.8.